The lowest BCUT2D eigenvalue weighted by Gasteiger charge is -2.40. The van der Waals surface area contributed by atoms with Crippen LogP contribution in [0.1, 0.15) is 258 Å². The first-order valence-corrected chi connectivity index (χ1v) is 26.4. The van der Waals surface area contributed by atoms with Gasteiger partial charge in [-0.15, -0.1) is 0 Å². The second kappa shape index (κ2) is 42.9. The van der Waals surface area contributed by atoms with Gasteiger partial charge in [0.15, 0.2) is 6.29 Å². The molecule has 0 spiro atoms. The number of carbonyl (C=O) groups excluding carboxylic acids is 1. The summed E-state index contributed by atoms with van der Waals surface area (Å²) in [6.45, 7) is 3.80. The highest BCUT2D eigenvalue weighted by atomic mass is 16.7. The summed E-state index contributed by atoms with van der Waals surface area (Å²) in [5.74, 6) is -0.172. The number of aliphatic hydroxyl groups excluding tert-OH is 5. The molecule has 7 atom stereocenters. The Balaban J connectivity index is 2.20. The zero-order valence-corrected chi connectivity index (χ0v) is 39.9. The molecule has 6 N–H and O–H groups in total. The molecule has 9 nitrogen and oxygen atoms in total. The molecule has 0 aromatic rings. The third-order valence-corrected chi connectivity index (χ3v) is 12.9. The Morgan fingerprint density at radius 2 is 0.902 bits per heavy atom. The van der Waals surface area contributed by atoms with E-state index >= 15 is 0 Å². The van der Waals surface area contributed by atoms with E-state index in [4.69, 9.17) is 9.47 Å². The highest BCUT2D eigenvalue weighted by Crippen LogP contribution is 2.23. The van der Waals surface area contributed by atoms with Crippen LogP contribution in [0, 0.1) is 0 Å². The molecule has 0 aromatic heterocycles. The Hall–Kier alpha value is -1.07. The van der Waals surface area contributed by atoms with Gasteiger partial charge in [0, 0.05) is 6.42 Å². The van der Waals surface area contributed by atoms with Gasteiger partial charge < -0.3 is 40.3 Å². The minimum Gasteiger partial charge on any atom is -0.394 e. The number of hydrogen-bond acceptors (Lipinski definition) is 8. The average Bonchev–Trinajstić information content (AvgIpc) is 3.26. The second-order valence-corrected chi connectivity index (χ2v) is 18.7. The lowest BCUT2D eigenvalue weighted by molar-refractivity contribution is -0.302. The molecule has 1 aliphatic heterocycles. The highest BCUT2D eigenvalue weighted by Gasteiger charge is 2.44. The van der Waals surface area contributed by atoms with Crippen molar-refractivity contribution in [2.75, 3.05) is 13.2 Å². The van der Waals surface area contributed by atoms with Gasteiger partial charge in [0.1, 0.15) is 24.4 Å². The first-order chi connectivity index (χ1) is 29.8. The van der Waals surface area contributed by atoms with Crippen molar-refractivity contribution in [2.45, 2.75) is 301 Å². The molecule has 1 heterocycles. The Morgan fingerprint density at radius 3 is 1.28 bits per heavy atom. The van der Waals surface area contributed by atoms with Crippen LogP contribution in [0.15, 0.2) is 12.2 Å². The molecule has 2 unspecified atom stereocenters. The summed E-state index contributed by atoms with van der Waals surface area (Å²) in [6.07, 6.45) is 44.2. The summed E-state index contributed by atoms with van der Waals surface area (Å²) in [7, 11) is 0. The van der Waals surface area contributed by atoms with E-state index < -0.39 is 49.5 Å². The predicted molar refractivity (Wildman–Crippen MR) is 254 cm³/mol. The quantitative estimate of drug-likeness (QED) is 0.0262. The Labute approximate surface area is 376 Å². The molecule has 0 aliphatic carbocycles. The van der Waals surface area contributed by atoms with E-state index in [2.05, 4.69) is 19.2 Å². The Morgan fingerprint density at radius 1 is 0.541 bits per heavy atom. The molecule has 1 rings (SSSR count). The minimum atomic E-state index is -1.56. The van der Waals surface area contributed by atoms with E-state index in [1.165, 1.54) is 199 Å². The predicted octanol–water partition coefficient (Wildman–Crippen LogP) is 12.1. The number of hydrogen-bond donors (Lipinski definition) is 6. The normalized spacial score (nSPS) is 20.4. The zero-order chi connectivity index (χ0) is 44.4. The molecule has 61 heavy (non-hydrogen) atoms. The lowest BCUT2D eigenvalue weighted by atomic mass is 9.99. The zero-order valence-electron chi connectivity index (χ0n) is 39.9. The standard InChI is InChI=1S/C52H101NO8/c1-3-5-7-9-11-13-15-17-18-19-20-21-22-23-24-25-26-27-28-30-32-34-36-38-40-42-48(56)53-45(44-60-52-51(59)50(58)49(57)47(43-54)61-52)46(55)41-39-37-35-33-31-29-16-14-12-10-8-6-4-2/h39,41,45-47,49-52,54-55,57-59H,3-38,40,42-44H2,1-2H3,(H,53,56)/b41-39+/t45-,46+,47+,49-,50?,51?,52+/m0/s1. The average molecular weight is 868 g/mol. The summed E-state index contributed by atoms with van der Waals surface area (Å²) in [5, 5.41) is 54.3. The van der Waals surface area contributed by atoms with Crippen molar-refractivity contribution in [1.82, 2.24) is 5.32 Å². The molecule has 0 aromatic carbocycles. The van der Waals surface area contributed by atoms with Crippen molar-refractivity contribution in [3.63, 3.8) is 0 Å². The molecular weight excluding hydrogens is 767 g/mol. The van der Waals surface area contributed by atoms with Gasteiger partial charge in [0.2, 0.25) is 5.91 Å². The van der Waals surface area contributed by atoms with E-state index in [1.807, 2.05) is 6.08 Å². The molecule has 0 radical (unpaired) electrons. The fourth-order valence-corrected chi connectivity index (χ4v) is 8.63. The number of rotatable bonds is 45. The van der Waals surface area contributed by atoms with Crippen molar-refractivity contribution < 1.29 is 39.8 Å². The van der Waals surface area contributed by atoms with Gasteiger partial charge in [-0.2, -0.15) is 0 Å². The third kappa shape index (κ3) is 33.1. The van der Waals surface area contributed by atoms with Crippen LogP contribution in [0.4, 0.5) is 0 Å². The Bertz CT molecular complexity index is 966. The Kier molecular flexibility index (Phi) is 40.7. The SMILES string of the molecule is CCCCCCCCCCCCC/C=C/[C@@H](O)[C@H](CO[C@@H]1O[C@H](CO)[C@H](O)C(O)C1O)NC(=O)CCCCCCCCCCCCCCCCCCCCCCCCCCC. The molecule has 1 amide bonds. The minimum absolute atomic E-state index is 0.172. The number of nitrogens with one attached hydrogen (secondary N) is 1. The highest BCUT2D eigenvalue weighted by molar-refractivity contribution is 5.76. The fourth-order valence-electron chi connectivity index (χ4n) is 8.63. The molecule has 9 heteroatoms. The van der Waals surface area contributed by atoms with E-state index in [9.17, 15) is 30.3 Å². The van der Waals surface area contributed by atoms with Crippen molar-refractivity contribution >= 4 is 5.91 Å². The third-order valence-electron chi connectivity index (χ3n) is 12.9. The van der Waals surface area contributed by atoms with Gasteiger partial charge in [-0.25, -0.2) is 0 Å². The maximum atomic E-state index is 13.0. The summed E-state index contributed by atoms with van der Waals surface area (Å²) < 4.78 is 11.2. The maximum absolute atomic E-state index is 13.0. The van der Waals surface area contributed by atoms with Crippen LogP contribution in [0.2, 0.25) is 0 Å². The summed E-state index contributed by atoms with van der Waals surface area (Å²) in [5.41, 5.74) is 0. The molecule has 1 fully saturated rings. The van der Waals surface area contributed by atoms with E-state index in [-0.39, 0.29) is 12.5 Å². The molecule has 0 saturated carbocycles. The fraction of sp³-hybridized carbons (Fsp3) is 0.942. The summed E-state index contributed by atoms with van der Waals surface area (Å²) in [4.78, 5) is 13.0. The smallest absolute Gasteiger partial charge is 0.220 e. The molecule has 362 valence electrons. The largest absolute Gasteiger partial charge is 0.394 e. The van der Waals surface area contributed by atoms with Crippen LogP contribution in [0.3, 0.4) is 0 Å². The van der Waals surface area contributed by atoms with Gasteiger partial charge >= 0.3 is 0 Å². The number of allylic oxidation sites excluding steroid dienone is 1. The van der Waals surface area contributed by atoms with E-state index in [0.717, 1.165) is 38.5 Å². The number of aliphatic hydroxyl groups is 5. The van der Waals surface area contributed by atoms with Crippen LogP contribution < -0.4 is 5.32 Å². The molecular formula is C52H101NO8. The van der Waals surface area contributed by atoms with Gasteiger partial charge in [-0.3, -0.25) is 4.79 Å². The van der Waals surface area contributed by atoms with Crippen molar-refractivity contribution in [1.29, 1.82) is 0 Å². The molecule has 1 saturated heterocycles. The van der Waals surface area contributed by atoms with E-state index in [0.29, 0.717) is 6.42 Å². The number of carbonyl (C=O) groups is 1. The molecule has 1 aliphatic rings. The summed E-state index contributed by atoms with van der Waals surface area (Å²) >= 11 is 0. The number of amides is 1. The van der Waals surface area contributed by atoms with Crippen LogP contribution in [0.25, 0.3) is 0 Å². The summed E-state index contributed by atoms with van der Waals surface area (Å²) in [6, 6.07) is -0.798. The van der Waals surface area contributed by atoms with Gasteiger partial charge in [-0.05, 0) is 19.3 Å². The van der Waals surface area contributed by atoms with Crippen LogP contribution >= 0.6 is 0 Å². The van der Waals surface area contributed by atoms with Gasteiger partial charge in [-0.1, -0.05) is 244 Å². The monoisotopic (exact) mass is 868 g/mol. The topological polar surface area (TPSA) is 149 Å². The number of unbranched alkanes of at least 4 members (excludes halogenated alkanes) is 35. The van der Waals surface area contributed by atoms with Gasteiger partial charge in [0.05, 0.1) is 25.4 Å². The van der Waals surface area contributed by atoms with Crippen molar-refractivity contribution in [2.24, 2.45) is 0 Å². The van der Waals surface area contributed by atoms with E-state index in [1.54, 1.807) is 6.08 Å². The first-order valence-electron chi connectivity index (χ1n) is 26.4. The van der Waals surface area contributed by atoms with Gasteiger partial charge in [0.25, 0.3) is 0 Å². The lowest BCUT2D eigenvalue weighted by Crippen LogP contribution is -2.60. The van der Waals surface area contributed by atoms with Crippen LogP contribution in [-0.4, -0.2) is 87.5 Å². The maximum Gasteiger partial charge on any atom is 0.220 e. The second-order valence-electron chi connectivity index (χ2n) is 18.7. The molecule has 0 bridgehead atoms. The van der Waals surface area contributed by atoms with Crippen molar-refractivity contribution in [3.05, 3.63) is 12.2 Å². The van der Waals surface area contributed by atoms with Crippen molar-refractivity contribution in [3.8, 4) is 0 Å². The van der Waals surface area contributed by atoms with Crippen LogP contribution in [-0.2, 0) is 14.3 Å². The first kappa shape index (κ1) is 57.9. The van der Waals surface area contributed by atoms with Crippen LogP contribution in [0.5, 0.6) is 0 Å². The number of ether oxygens (including phenoxy) is 2.